The minimum Gasteiger partial charge on any atom is -0.493 e. The Morgan fingerprint density at radius 3 is 2.08 bits per heavy atom. The number of para-hydroxylation sites is 2. The number of rotatable bonds is 14. The standard InChI is InChI=1S/C49H49N5O6S2/c1-49(2,62-61-5)15-14-47(55)52-35-17-30(28-59-45-23-39-34(21-43(45)57-3)27-53-36(25-50-39)19-32-10-6-8-12-41(32)53)16-31(18-35)29-60-46-24-40-38(22-44(46)58-4)48(56)54-37(26-51-40)20-33-11-7-9-13-42(33)54/h6-13,16-18,21-26,36-37H,14-15,19-20,27-29H2,1-5H3,(H,52,55)/t36-,37-/m0/s1. The molecule has 9 rings (SSSR count). The van der Waals surface area contributed by atoms with Gasteiger partial charge in [-0.3, -0.25) is 24.5 Å². The molecule has 2 amide bonds. The number of carbonyl (C=O) groups is 2. The lowest BCUT2D eigenvalue weighted by atomic mass is 10.1. The second kappa shape index (κ2) is 17.5. The minimum atomic E-state index is -0.175. The van der Waals surface area contributed by atoms with Crippen molar-refractivity contribution in [3.8, 4) is 23.0 Å². The first-order valence-corrected chi connectivity index (χ1v) is 23.3. The summed E-state index contributed by atoms with van der Waals surface area (Å²) in [6.07, 6.45) is 8.65. The van der Waals surface area contributed by atoms with Crippen LogP contribution in [0, 0.1) is 0 Å². The van der Waals surface area contributed by atoms with Gasteiger partial charge in [0.15, 0.2) is 23.0 Å². The van der Waals surface area contributed by atoms with Gasteiger partial charge in [-0.1, -0.05) is 58.0 Å². The molecular weight excluding hydrogens is 819 g/mol. The van der Waals surface area contributed by atoms with E-state index >= 15 is 0 Å². The van der Waals surface area contributed by atoms with E-state index in [1.165, 1.54) is 11.3 Å². The summed E-state index contributed by atoms with van der Waals surface area (Å²) in [6, 6.07) is 29.8. The highest BCUT2D eigenvalue weighted by Gasteiger charge is 2.37. The van der Waals surface area contributed by atoms with Gasteiger partial charge in [0.2, 0.25) is 5.91 Å². The zero-order valence-corrected chi connectivity index (χ0v) is 37.1. The van der Waals surface area contributed by atoms with E-state index in [-0.39, 0.29) is 41.9 Å². The quantitative estimate of drug-likeness (QED) is 0.109. The van der Waals surface area contributed by atoms with Gasteiger partial charge in [0.25, 0.3) is 5.91 Å². The molecule has 4 aliphatic rings. The number of methoxy groups -OCH3 is 2. The molecule has 318 valence electrons. The van der Waals surface area contributed by atoms with Crippen LogP contribution in [0.5, 0.6) is 23.0 Å². The first kappa shape index (κ1) is 41.4. The van der Waals surface area contributed by atoms with Crippen LogP contribution in [-0.2, 0) is 37.4 Å². The predicted molar refractivity (Wildman–Crippen MR) is 251 cm³/mol. The molecule has 0 spiro atoms. The van der Waals surface area contributed by atoms with Crippen LogP contribution < -0.4 is 34.1 Å². The smallest absolute Gasteiger partial charge is 0.261 e. The Morgan fingerprint density at radius 2 is 1.37 bits per heavy atom. The van der Waals surface area contributed by atoms with Gasteiger partial charge in [-0.2, -0.15) is 0 Å². The number of nitrogens with one attached hydrogen (secondary N) is 1. The third-order valence-corrected chi connectivity index (χ3v) is 14.4. The van der Waals surface area contributed by atoms with Crippen molar-refractivity contribution in [2.75, 3.05) is 35.6 Å². The monoisotopic (exact) mass is 867 g/mol. The van der Waals surface area contributed by atoms with Crippen LogP contribution in [0.4, 0.5) is 28.4 Å². The Balaban J connectivity index is 0.962. The van der Waals surface area contributed by atoms with E-state index in [9.17, 15) is 9.59 Å². The molecule has 0 bridgehead atoms. The van der Waals surface area contributed by atoms with Gasteiger partial charge in [0, 0.05) is 71.3 Å². The van der Waals surface area contributed by atoms with Crippen LogP contribution in [0.2, 0.25) is 0 Å². The first-order chi connectivity index (χ1) is 30.1. The molecule has 0 unspecified atom stereocenters. The van der Waals surface area contributed by atoms with E-state index in [1.807, 2.05) is 65.9 Å². The number of benzene rings is 5. The highest BCUT2D eigenvalue weighted by molar-refractivity contribution is 8.76. The molecule has 1 N–H and O–H groups in total. The van der Waals surface area contributed by atoms with Crippen LogP contribution in [0.3, 0.4) is 0 Å². The van der Waals surface area contributed by atoms with Crippen LogP contribution in [0.1, 0.15) is 64.9 Å². The molecule has 0 radical (unpaired) electrons. The van der Waals surface area contributed by atoms with Crippen molar-refractivity contribution in [3.63, 3.8) is 0 Å². The molecule has 4 heterocycles. The average molecular weight is 868 g/mol. The summed E-state index contributed by atoms with van der Waals surface area (Å²) >= 11 is 0. The van der Waals surface area contributed by atoms with Crippen molar-refractivity contribution in [1.29, 1.82) is 0 Å². The van der Waals surface area contributed by atoms with Gasteiger partial charge in [0.05, 0.1) is 43.2 Å². The fourth-order valence-corrected chi connectivity index (χ4v) is 10.9. The number of aliphatic imine (C=N–C) groups is 2. The number of carbonyl (C=O) groups excluding carboxylic acids is 2. The maximum Gasteiger partial charge on any atom is 0.261 e. The summed E-state index contributed by atoms with van der Waals surface area (Å²) < 4.78 is 24.5. The predicted octanol–water partition coefficient (Wildman–Crippen LogP) is 10.3. The van der Waals surface area contributed by atoms with E-state index in [1.54, 1.807) is 47.9 Å². The lowest BCUT2D eigenvalue weighted by Crippen LogP contribution is -2.37. The Morgan fingerprint density at radius 1 is 0.758 bits per heavy atom. The van der Waals surface area contributed by atoms with Crippen molar-refractivity contribution in [2.24, 2.45) is 9.98 Å². The number of ether oxygens (including phenoxy) is 4. The van der Waals surface area contributed by atoms with Gasteiger partial charge in [-0.25, -0.2) is 0 Å². The highest BCUT2D eigenvalue weighted by atomic mass is 33.1. The summed E-state index contributed by atoms with van der Waals surface area (Å²) in [5, 5.41) is 3.13. The Hall–Kier alpha value is -5.92. The zero-order chi connectivity index (χ0) is 43.0. The lowest BCUT2D eigenvalue weighted by Gasteiger charge is -2.24. The largest absolute Gasteiger partial charge is 0.493 e. The molecule has 0 saturated heterocycles. The number of anilines is 3. The zero-order valence-electron chi connectivity index (χ0n) is 35.5. The fourth-order valence-electron chi connectivity index (χ4n) is 8.69. The number of nitrogens with zero attached hydrogens (tertiary/aromatic N) is 4. The molecule has 0 saturated carbocycles. The Bertz CT molecular complexity index is 2610. The van der Waals surface area contributed by atoms with E-state index < -0.39 is 0 Å². The average Bonchev–Trinajstić information content (AvgIpc) is 3.72. The molecule has 0 aliphatic carbocycles. The Kier molecular flexibility index (Phi) is 11.7. The molecule has 0 aromatic heterocycles. The van der Waals surface area contributed by atoms with Gasteiger partial charge < -0.3 is 29.2 Å². The second-order valence-corrected chi connectivity index (χ2v) is 19.6. The van der Waals surface area contributed by atoms with Crippen LogP contribution in [0.25, 0.3) is 0 Å². The third kappa shape index (κ3) is 8.48. The van der Waals surface area contributed by atoms with Gasteiger partial charge in [-0.15, -0.1) is 0 Å². The maximum absolute atomic E-state index is 14.0. The number of amides is 2. The van der Waals surface area contributed by atoms with Crippen LogP contribution in [0.15, 0.2) is 101 Å². The van der Waals surface area contributed by atoms with Crippen molar-refractivity contribution >= 4 is 74.3 Å². The molecule has 5 aromatic rings. The minimum absolute atomic E-state index is 0.0502. The molecule has 0 fully saturated rings. The molecule has 62 heavy (non-hydrogen) atoms. The summed E-state index contributed by atoms with van der Waals surface area (Å²) in [6.45, 7) is 5.34. The van der Waals surface area contributed by atoms with E-state index in [0.29, 0.717) is 59.3 Å². The number of hydrogen-bond donors (Lipinski definition) is 1. The first-order valence-electron chi connectivity index (χ1n) is 20.8. The van der Waals surface area contributed by atoms with Crippen molar-refractivity contribution in [2.45, 2.75) is 76.1 Å². The van der Waals surface area contributed by atoms with Crippen LogP contribution >= 0.6 is 21.6 Å². The fraction of sp³-hybridized carbons (Fsp3) is 0.306. The topological polar surface area (TPSA) is 114 Å². The van der Waals surface area contributed by atoms with Crippen molar-refractivity contribution < 1.29 is 28.5 Å². The molecule has 4 aliphatic heterocycles. The van der Waals surface area contributed by atoms with Gasteiger partial charge in [-0.05, 0) is 97.7 Å². The number of hydrogen-bond acceptors (Lipinski definition) is 11. The van der Waals surface area contributed by atoms with Crippen molar-refractivity contribution in [3.05, 3.63) is 124 Å². The van der Waals surface area contributed by atoms with E-state index in [4.69, 9.17) is 28.9 Å². The molecule has 13 heteroatoms. The second-order valence-electron chi connectivity index (χ2n) is 16.5. The van der Waals surface area contributed by atoms with Gasteiger partial charge >= 0.3 is 0 Å². The van der Waals surface area contributed by atoms with Crippen LogP contribution in [-0.4, -0.2) is 61.5 Å². The molecule has 11 nitrogen and oxygen atoms in total. The Labute approximate surface area is 370 Å². The summed E-state index contributed by atoms with van der Waals surface area (Å²) in [5.74, 6) is 1.84. The summed E-state index contributed by atoms with van der Waals surface area (Å²) in [4.78, 5) is 41.3. The van der Waals surface area contributed by atoms with E-state index in [0.717, 1.165) is 46.5 Å². The number of fused-ring (bicyclic) bond motifs is 8. The van der Waals surface area contributed by atoms with Crippen molar-refractivity contribution in [1.82, 2.24) is 0 Å². The normalized spacial score (nSPS) is 16.9. The highest BCUT2D eigenvalue weighted by Crippen LogP contribution is 2.43. The molecular formula is C49H49N5O6S2. The molecule has 2 atom stereocenters. The summed E-state index contributed by atoms with van der Waals surface area (Å²) in [7, 11) is 6.67. The lowest BCUT2D eigenvalue weighted by molar-refractivity contribution is -0.116. The SMILES string of the molecule is COc1cc2c(cc1OCc1cc(COc3cc4c(cc3OC)C(=O)N3c5ccccc5C[C@H]3C=N4)cc(NC(=O)CCC(C)(C)SSC)c1)N=C[C@@H]1Cc3ccccc3N1C2. The maximum atomic E-state index is 14.0. The third-order valence-electron chi connectivity index (χ3n) is 11.7. The van der Waals surface area contributed by atoms with E-state index in [2.05, 4.69) is 60.7 Å². The van der Waals surface area contributed by atoms with Gasteiger partial charge in [0.1, 0.15) is 13.2 Å². The summed E-state index contributed by atoms with van der Waals surface area (Å²) in [5.41, 5.74) is 9.70. The molecule has 5 aromatic carbocycles.